The summed E-state index contributed by atoms with van der Waals surface area (Å²) >= 11 is 0. The molecular weight excluding hydrogens is 365 g/mol. The standard InChI is InChI=1S/C20H44NO5P/c1-4-5-6-7-8-9-10-11-12-13-14-15-19-25-27(23,24)26-20-17-21(2,3)16-18-22/h22H,4-20H2,1-3H3/p+1. The van der Waals surface area contributed by atoms with Crippen molar-refractivity contribution in [2.24, 2.45) is 0 Å². The van der Waals surface area contributed by atoms with E-state index >= 15 is 0 Å². The highest BCUT2D eigenvalue weighted by Crippen LogP contribution is 2.47. The minimum absolute atomic E-state index is 0.0826. The van der Waals surface area contributed by atoms with Gasteiger partial charge in [-0.15, -0.1) is 0 Å². The van der Waals surface area contributed by atoms with Crippen LogP contribution in [-0.2, 0) is 9.05 Å². The highest BCUT2D eigenvalue weighted by molar-refractivity contribution is 7.52. The van der Waals surface area contributed by atoms with Crippen LogP contribution < -0.4 is 4.89 Å². The Morgan fingerprint density at radius 3 is 1.67 bits per heavy atom. The van der Waals surface area contributed by atoms with Crippen LogP contribution in [0.5, 0.6) is 0 Å². The number of hydrogen-bond donors (Lipinski definition) is 2. The van der Waals surface area contributed by atoms with Crippen molar-refractivity contribution >= 4 is 8.17 Å². The first-order valence-corrected chi connectivity index (χ1v) is 12.4. The summed E-state index contributed by atoms with van der Waals surface area (Å²) in [4.78, 5) is 21.5. The molecule has 0 aliphatic rings. The molecule has 0 aliphatic carbocycles. The van der Waals surface area contributed by atoms with Crippen LogP contribution >= 0.6 is 8.17 Å². The molecule has 1 atom stereocenters. The summed E-state index contributed by atoms with van der Waals surface area (Å²) in [6, 6.07) is 0. The van der Waals surface area contributed by atoms with Crippen LogP contribution in [0.2, 0.25) is 0 Å². The number of aliphatic hydroxyl groups excluding tert-OH is 1. The van der Waals surface area contributed by atoms with Gasteiger partial charge in [0.2, 0.25) is 0 Å². The molecule has 0 bridgehead atoms. The van der Waals surface area contributed by atoms with Gasteiger partial charge in [0.05, 0.1) is 27.3 Å². The van der Waals surface area contributed by atoms with Gasteiger partial charge < -0.3 is 14.5 Å². The van der Waals surface area contributed by atoms with Crippen molar-refractivity contribution in [1.29, 1.82) is 0 Å². The average Bonchev–Trinajstić information content (AvgIpc) is 2.58. The Kier molecular flexibility index (Phi) is 17.2. The maximum absolute atomic E-state index is 11.8. The quantitative estimate of drug-likeness (QED) is 0.181. The topological polar surface area (TPSA) is 82.0 Å². The summed E-state index contributed by atoms with van der Waals surface area (Å²) < 4.78 is 10.6. The molecule has 0 aromatic heterocycles. The summed E-state index contributed by atoms with van der Waals surface area (Å²) in [5, 5.41) is 8.96. The molecule has 0 spiro atoms. The molecule has 0 saturated carbocycles. The molecule has 0 aliphatic heterocycles. The van der Waals surface area contributed by atoms with Crippen molar-refractivity contribution in [2.45, 2.75) is 84.0 Å². The Hall–Kier alpha value is 0.190. The number of hydrogen-bond acceptors (Lipinski definition) is 5. The van der Waals surface area contributed by atoms with Crippen molar-refractivity contribution in [3.05, 3.63) is 0 Å². The van der Waals surface area contributed by atoms with Gasteiger partial charge in [-0.1, -0.05) is 77.6 Å². The van der Waals surface area contributed by atoms with Crippen LogP contribution in [0.15, 0.2) is 0 Å². The second-order valence-corrected chi connectivity index (χ2v) is 9.58. The lowest BCUT2D eigenvalue weighted by molar-refractivity contribution is -0.890. The van der Waals surface area contributed by atoms with E-state index in [1.807, 2.05) is 14.1 Å². The van der Waals surface area contributed by atoms with E-state index in [1.165, 1.54) is 57.8 Å². The van der Waals surface area contributed by atoms with Gasteiger partial charge in [0.15, 0.2) is 0 Å². The first-order valence-electron chi connectivity index (χ1n) is 10.9. The molecule has 0 amide bonds. The zero-order valence-electron chi connectivity index (χ0n) is 18.0. The van der Waals surface area contributed by atoms with Crippen LogP contribution in [0, 0.1) is 0 Å². The second kappa shape index (κ2) is 17.1. The molecule has 0 aromatic carbocycles. The van der Waals surface area contributed by atoms with E-state index in [-0.39, 0.29) is 19.8 Å². The third-order valence-electron chi connectivity index (χ3n) is 4.91. The van der Waals surface area contributed by atoms with Gasteiger partial charge in [0.25, 0.3) is 0 Å². The summed E-state index contributed by atoms with van der Waals surface area (Å²) in [7, 11) is -0.0730. The minimum atomic E-state index is -3.95. The van der Waals surface area contributed by atoms with Gasteiger partial charge in [-0.25, -0.2) is 0 Å². The van der Waals surface area contributed by atoms with E-state index in [2.05, 4.69) is 6.92 Å². The molecule has 0 rings (SSSR count). The molecule has 2 N–H and O–H groups in total. The predicted octanol–water partition coefficient (Wildman–Crippen LogP) is 3.82. The number of quaternary nitrogens is 1. The summed E-state index contributed by atoms with van der Waals surface area (Å²) in [5.74, 6) is 0. The maximum Gasteiger partial charge on any atom is 0.377 e. The maximum atomic E-state index is 11.8. The lowest BCUT2D eigenvalue weighted by Crippen LogP contribution is -2.44. The zero-order valence-corrected chi connectivity index (χ0v) is 18.9. The van der Waals surface area contributed by atoms with Crippen molar-refractivity contribution < 1.29 is 28.4 Å². The Morgan fingerprint density at radius 2 is 1.19 bits per heavy atom. The second-order valence-electron chi connectivity index (χ2n) is 8.13. The van der Waals surface area contributed by atoms with Crippen LogP contribution in [0.3, 0.4) is 0 Å². The fourth-order valence-corrected chi connectivity index (χ4v) is 3.69. The van der Waals surface area contributed by atoms with E-state index in [0.717, 1.165) is 19.3 Å². The SMILES string of the molecule is CCCCCCCCCCCCCCO[P+]([O-])(O)OCC[N+](C)(C)CCO. The van der Waals surface area contributed by atoms with E-state index in [0.29, 0.717) is 17.6 Å². The molecule has 0 fully saturated rings. The predicted molar refractivity (Wildman–Crippen MR) is 111 cm³/mol. The van der Waals surface area contributed by atoms with Gasteiger partial charge in [-0.05, 0) is 6.42 Å². The molecule has 27 heavy (non-hydrogen) atoms. The van der Waals surface area contributed by atoms with Crippen LogP contribution in [0.25, 0.3) is 0 Å². The highest BCUT2D eigenvalue weighted by Gasteiger charge is 2.28. The largest absolute Gasteiger partial charge is 0.606 e. The Bertz CT molecular complexity index is 329. The van der Waals surface area contributed by atoms with Crippen molar-refractivity contribution in [3.63, 3.8) is 0 Å². The van der Waals surface area contributed by atoms with Crippen LogP contribution in [0.4, 0.5) is 0 Å². The van der Waals surface area contributed by atoms with E-state index in [4.69, 9.17) is 14.2 Å². The Labute approximate surface area is 168 Å². The van der Waals surface area contributed by atoms with Gasteiger partial charge >= 0.3 is 8.17 Å². The summed E-state index contributed by atoms with van der Waals surface area (Å²) in [6.07, 6.45) is 15.0. The number of unbranched alkanes of at least 4 members (excludes halogenated alkanes) is 11. The Morgan fingerprint density at radius 1 is 0.741 bits per heavy atom. The number of aliphatic hydroxyl groups is 1. The molecule has 0 heterocycles. The number of phosphoric acid groups is 1. The van der Waals surface area contributed by atoms with E-state index in [1.54, 1.807) is 0 Å². The molecule has 0 radical (unpaired) electrons. The number of likely N-dealkylation sites (N-methyl/N-ethyl adjacent to an activating group) is 1. The lowest BCUT2D eigenvalue weighted by atomic mass is 10.1. The van der Waals surface area contributed by atoms with Crippen molar-refractivity contribution in [3.8, 4) is 0 Å². The first kappa shape index (κ1) is 27.2. The first-order chi connectivity index (χ1) is 12.8. The van der Waals surface area contributed by atoms with E-state index < -0.39 is 8.17 Å². The zero-order chi connectivity index (χ0) is 20.4. The fourth-order valence-electron chi connectivity index (χ4n) is 2.95. The lowest BCUT2D eigenvalue weighted by Gasteiger charge is -2.29. The molecule has 0 saturated heterocycles. The number of phosphoric ester groups is 1. The highest BCUT2D eigenvalue weighted by atomic mass is 31.2. The third kappa shape index (κ3) is 19.3. The molecule has 164 valence electrons. The van der Waals surface area contributed by atoms with Gasteiger partial charge in [-0.3, -0.25) is 0 Å². The summed E-state index contributed by atoms with van der Waals surface area (Å²) in [6.45, 7) is 3.86. The number of rotatable bonds is 20. The van der Waals surface area contributed by atoms with Gasteiger partial charge in [-0.2, -0.15) is 13.9 Å². The normalized spacial score (nSPS) is 14.4. The minimum Gasteiger partial charge on any atom is -0.606 e. The molecule has 1 unspecified atom stereocenters. The van der Waals surface area contributed by atoms with Crippen LogP contribution in [0.1, 0.15) is 84.0 Å². The molecule has 0 aromatic rings. The monoisotopic (exact) mass is 410 g/mol. The average molecular weight is 411 g/mol. The fraction of sp³-hybridized carbons (Fsp3) is 1.00. The Balaban J connectivity index is 3.45. The van der Waals surface area contributed by atoms with Crippen LogP contribution in [-0.4, -0.2) is 61.5 Å². The third-order valence-corrected chi connectivity index (χ3v) is 5.93. The molecule has 7 heteroatoms. The summed E-state index contributed by atoms with van der Waals surface area (Å²) in [5.41, 5.74) is 0. The smallest absolute Gasteiger partial charge is 0.377 e. The number of nitrogens with zero attached hydrogens (tertiary/aromatic N) is 1. The molecule has 6 nitrogen and oxygen atoms in total. The van der Waals surface area contributed by atoms with E-state index in [9.17, 15) is 9.79 Å². The molecular formula is C20H45NO5P+. The van der Waals surface area contributed by atoms with Crippen molar-refractivity contribution in [1.82, 2.24) is 0 Å². The van der Waals surface area contributed by atoms with Gasteiger partial charge in [0, 0.05) is 0 Å². The van der Waals surface area contributed by atoms with Crippen molar-refractivity contribution in [2.75, 3.05) is 47.0 Å². The van der Waals surface area contributed by atoms with Gasteiger partial charge in [0.1, 0.15) is 19.7 Å².